The summed E-state index contributed by atoms with van der Waals surface area (Å²) < 4.78 is 63.2. The number of carbonyl (C=O) groups is 1. The van der Waals surface area contributed by atoms with Crippen molar-refractivity contribution in [3.8, 4) is 0 Å². The molecule has 1 aromatic carbocycles. The van der Waals surface area contributed by atoms with Crippen LogP contribution in [0.25, 0.3) is 0 Å². The average molecular weight is 427 g/mol. The molecule has 3 rings (SSSR count). The van der Waals surface area contributed by atoms with Crippen molar-refractivity contribution in [2.75, 3.05) is 16.4 Å². The maximum atomic E-state index is 13.1. The molecule has 0 spiro atoms. The second kappa shape index (κ2) is 6.72. The second-order valence-electron chi connectivity index (χ2n) is 5.98. The third-order valence-electron chi connectivity index (χ3n) is 4.12. The van der Waals surface area contributed by atoms with Crippen LogP contribution in [0, 0.1) is 0 Å². The first kappa shape index (κ1) is 19.5. The highest BCUT2D eigenvalue weighted by atomic mass is 35.5. The van der Waals surface area contributed by atoms with Crippen LogP contribution in [0.4, 0.5) is 18.9 Å². The SMILES string of the molecule is CCC(=O)N=C1S[C@@H]2CS(=O)(=O)C[C@@H]2N1c1cc(C(F)(F)F)ccc1Cl. The molecule has 1 amide bonds. The second-order valence-corrected chi connectivity index (χ2v) is 9.74. The summed E-state index contributed by atoms with van der Waals surface area (Å²) >= 11 is 7.20. The minimum Gasteiger partial charge on any atom is -0.314 e. The van der Waals surface area contributed by atoms with Gasteiger partial charge in [-0.25, -0.2) is 8.42 Å². The van der Waals surface area contributed by atoms with E-state index in [-0.39, 0.29) is 33.8 Å². The van der Waals surface area contributed by atoms with Crippen LogP contribution < -0.4 is 4.90 Å². The number of benzene rings is 1. The first-order chi connectivity index (χ1) is 12.0. The molecule has 2 aliphatic heterocycles. The molecule has 2 heterocycles. The van der Waals surface area contributed by atoms with E-state index in [1.807, 2.05) is 0 Å². The molecule has 0 aliphatic carbocycles. The van der Waals surface area contributed by atoms with Gasteiger partial charge < -0.3 is 4.90 Å². The number of rotatable bonds is 2. The molecule has 1 aromatic rings. The van der Waals surface area contributed by atoms with Gasteiger partial charge in [0.1, 0.15) is 0 Å². The highest BCUT2D eigenvalue weighted by molar-refractivity contribution is 8.16. The molecular weight excluding hydrogens is 413 g/mol. The van der Waals surface area contributed by atoms with Crippen LogP contribution in [0.2, 0.25) is 5.02 Å². The third-order valence-corrected chi connectivity index (χ3v) is 7.65. The summed E-state index contributed by atoms with van der Waals surface area (Å²) in [7, 11) is -3.32. The van der Waals surface area contributed by atoms with Gasteiger partial charge in [0, 0.05) is 11.7 Å². The van der Waals surface area contributed by atoms with Gasteiger partial charge in [0.25, 0.3) is 0 Å². The number of halogens is 4. The van der Waals surface area contributed by atoms with Crippen molar-refractivity contribution in [2.24, 2.45) is 4.99 Å². The Morgan fingerprint density at radius 1 is 1.38 bits per heavy atom. The molecule has 0 aromatic heterocycles. The minimum absolute atomic E-state index is 0.00115. The van der Waals surface area contributed by atoms with Crippen LogP contribution in [-0.2, 0) is 20.8 Å². The molecule has 2 saturated heterocycles. The van der Waals surface area contributed by atoms with E-state index in [4.69, 9.17) is 11.6 Å². The Morgan fingerprint density at radius 2 is 2.08 bits per heavy atom. The van der Waals surface area contributed by atoms with Gasteiger partial charge in [-0.2, -0.15) is 18.2 Å². The average Bonchev–Trinajstić information content (AvgIpc) is 2.97. The lowest BCUT2D eigenvalue weighted by Crippen LogP contribution is -2.38. The quantitative estimate of drug-likeness (QED) is 0.725. The lowest BCUT2D eigenvalue weighted by atomic mass is 10.1. The molecule has 11 heteroatoms. The van der Waals surface area contributed by atoms with Gasteiger partial charge >= 0.3 is 6.18 Å². The monoisotopic (exact) mass is 426 g/mol. The number of hydrogen-bond acceptors (Lipinski definition) is 4. The van der Waals surface area contributed by atoms with Gasteiger partial charge in [-0.1, -0.05) is 30.3 Å². The number of alkyl halides is 3. The van der Waals surface area contributed by atoms with Crippen LogP contribution in [0.3, 0.4) is 0 Å². The molecule has 0 unspecified atom stereocenters. The van der Waals surface area contributed by atoms with E-state index < -0.39 is 38.8 Å². The Kier molecular flexibility index (Phi) is 5.04. The molecule has 5 nitrogen and oxygen atoms in total. The zero-order chi connectivity index (χ0) is 19.3. The van der Waals surface area contributed by atoms with Crippen molar-refractivity contribution in [2.45, 2.75) is 30.8 Å². The van der Waals surface area contributed by atoms with Crippen LogP contribution in [0.15, 0.2) is 23.2 Å². The number of amidine groups is 1. The summed E-state index contributed by atoms with van der Waals surface area (Å²) in [6.07, 6.45) is -4.45. The predicted octanol–water partition coefficient (Wildman–Crippen LogP) is 3.37. The Labute approximate surface area is 157 Å². The number of thioether (sulfide) groups is 1. The third kappa shape index (κ3) is 3.72. The highest BCUT2D eigenvalue weighted by Crippen LogP contribution is 2.44. The maximum absolute atomic E-state index is 13.1. The minimum atomic E-state index is -4.58. The van der Waals surface area contributed by atoms with E-state index in [0.717, 1.165) is 30.0 Å². The van der Waals surface area contributed by atoms with Gasteiger partial charge in [-0.3, -0.25) is 4.79 Å². The summed E-state index contributed by atoms with van der Waals surface area (Å²) in [5, 5.41) is -0.197. The number of aliphatic imine (C=N–C) groups is 1. The molecular formula is C15H14ClF3N2O3S2. The molecule has 0 bridgehead atoms. The highest BCUT2D eigenvalue weighted by Gasteiger charge is 2.50. The zero-order valence-electron chi connectivity index (χ0n) is 13.5. The van der Waals surface area contributed by atoms with Crippen LogP contribution in [0.5, 0.6) is 0 Å². The lowest BCUT2D eigenvalue weighted by Gasteiger charge is -2.26. The fraction of sp³-hybridized carbons (Fsp3) is 0.467. The van der Waals surface area contributed by atoms with E-state index in [1.165, 1.54) is 4.90 Å². The van der Waals surface area contributed by atoms with Crippen molar-refractivity contribution >= 4 is 50.0 Å². The summed E-state index contributed by atoms with van der Waals surface area (Å²) in [6.45, 7) is 1.61. The molecule has 26 heavy (non-hydrogen) atoms. The van der Waals surface area contributed by atoms with Crippen molar-refractivity contribution in [3.63, 3.8) is 0 Å². The van der Waals surface area contributed by atoms with Crippen LogP contribution in [0.1, 0.15) is 18.9 Å². The Morgan fingerprint density at radius 3 is 2.69 bits per heavy atom. The van der Waals surface area contributed by atoms with Gasteiger partial charge in [-0.05, 0) is 18.2 Å². The van der Waals surface area contributed by atoms with Crippen molar-refractivity contribution < 1.29 is 26.4 Å². The fourth-order valence-corrected chi connectivity index (χ4v) is 7.04. The summed E-state index contributed by atoms with van der Waals surface area (Å²) in [5.74, 6) is -0.783. The molecule has 2 fully saturated rings. The number of anilines is 1. The van der Waals surface area contributed by atoms with Crippen LogP contribution in [-0.4, -0.2) is 42.3 Å². The lowest BCUT2D eigenvalue weighted by molar-refractivity contribution is -0.137. The normalized spacial score (nSPS) is 26.3. The Hall–Kier alpha value is -1.26. The van der Waals surface area contributed by atoms with Crippen molar-refractivity contribution in [1.82, 2.24) is 0 Å². The summed E-state index contributed by atoms with van der Waals surface area (Å²) in [5.41, 5.74) is -0.909. The van der Waals surface area contributed by atoms with Crippen molar-refractivity contribution in [3.05, 3.63) is 28.8 Å². The van der Waals surface area contributed by atoms with E-state index in [1.54, 1.807) is 6.92 Å². The standard InChI is InChI=1S/C15H14ClF3N2O3S2/c1-2-13(22)20-14-21(11-6-26(23,24)7-12(11)25-14)10-5-8(15(17,18)19)3-4-9(10)16/h3-5,11-12H,2,6-7H2,1H3/t11-,12+/m0/s1. The molecule has 2 aliphatic rings. The number of nitrogens with zero attached hydrogens (tertiary/aromatic N) is 2. The molecule has 142 valence electrons. The predicted molar refractivity (Wildman–Crippen MR) is 95.5 cm³/mol. The van der Waals surface area contributed by atoms with E-state index >= 15 is 0 Å². The van der Waals surface area contributed by atoms with Gasteiger partial charge in [0.05, 0.1) is 33.8 Å². The molecule has 0 N–H and O–H groups in total. The van der Waals surface area contributed by atoms with Gasteiger partial charge in [0.15, 0.2) is 15.0 Å². The largest absolute Gasteiger partial charge is 0.416 e. The first-order valence-corrected chi connectivity index (χ1v) is 10.7. The topological polar surface area (TPSA) is 66.8 Å². The van der Waals surface area contributed by atoms with Crippen LogP contribution >= 0.6 is 23.4 Å². The molecule has 0 saturated carbocycles. The zero-order valence-corrected chi connectivity index (χ0v) is 15.8. The number of amides is 1. The van der Waals surface area contributed by atoms with E-state index in [9.17, 15) is 26.4 Å². The fourth-order valence-electron chi connectivity index (χ4n) is 2.91. The smallest absolute Gasteiger partial charge is 0.314 e. The maximum Gasteiger partial charge on any atom is 0.416 e. The number of hydrogen-bond donors (Lipinski definition) is 0. The number of sulfone groups is 1. The Bertz CT molecular complexity index is 887. The number of carbonyl (C=O) groups excluding carboxylic acids is 1. The van der Waals surface area contributed by atoms with Crippen molar-refractivity contribution in [1.29, 1.82) is 0 Å². The van der Waals surface area contributed by atoms with E-state index in [2.05, 4.69) is 4.99 Å². The number of fused-ring (bicyclic) bond motifs is 1. The van der Waals surface area contributed by atoms with Gasteiger partial charge in [0.2, 0.25) is 5.91 Å². The summed E-state index contributed by atoms with van der Waals surface area (Å²) in [4.78, 5) is 17.1. The molecule has 2 atom stereocenters. The van der Waals surface area contributed by atoms with Gasteiger partial charge in [-0.15, -0.1) is 0 Å². The summed E-state index contributed by atoms with van der Waals surface area (Å²) in [6, 6.07) is 2.21. The Balaban J connectivity index is 2.11. The van der Waals surface area contributed by atoms with E-state index in [0.29, 0.717) is 0 Å². The first-order valence-electron chi connectivity index (χ1n) is 7.66. The molecule has 0 radical (unpaired) electrons.